The molecular formula is C19H18N2O4. The summed E-state index contributed by atoms with van der Waals surface area (Å²) in [6.45, 7) is 4.50. The van der Waals surface area contributed by atoms with Crippen LogP contribution in [0.1, 0.15) is 44.9 Å². The van der Waals surface area contributed by atoms with E-state index in [4.69, 9.17) is 0 Å². The highest BCUT2D eigenvalue weighted by Gasteiger charge is 2.37. The molecule has 3 amide bonds. The fraction of sp³-hybridized carbons (Fsp3) is 0.211. The smallest absolute Gasteiger partial charge is 0.266 e. The molecule has 0 aromatic heterocycles. The number of fused-ring (bicyclic) bond motifs is 1. The number of imide groups is 1. The van der Waals surface area contributed by atoms with E-state index in [9.17, 15) is 19.5 Å². The molecule has 0 unspecified atom stereocenters. The van der Waals surface area contributed by atoms with E-state index in [-0.39, 0.29) is 22.8 Å². The number of benzene rings is 2. The van der Waals surface area contributed by atoms with E-state index in [0.29, 0.717) is 23.7 Å². The van der Waals surface area contributed by atoms with E-state index in [2.05, 4.69) is 5.32 Å². The maximum Gasteiger partial charge on any atom is 0.266 e. The predicted molar refractivity (Wildman–Crippen MR) is 92.9 cm³/mol. The number of phenols is 1. The second-order valence-electron chi connectivity index (χ2n) is 6.33. The Morgan fingerprint density at radius 2 is 1.68 bits per heavy atom. The largest absolute Gasteiger partial charge is 0.508 e. The number of hydrogen-bond donors (Lipinski definition) is 2. The van der Waals surface area contributed by atoms with Gasteiger partial charge in [0, 0.05) is 12.1 Å². The Hall–Kier alpha value is -3.15. The molecule has 0 spiro atoms. The van der Waals surface area contributed by atoms with Crippen molar-refractivity contribution < 1.29 is 19.5 Å². The van der Waals surface area contributed by atoms with Crippen molar-refractivity contribution in [2.24, 2.45) is 5.92 Å². The number of amides is 3. The van der Waals surface area contributed by atoms with Crippen LogP contribution in [0.4, 0.5) is 5.69 Å². The first-order valence-corrected chi connectivity index (χ1v) is 7.98. The molecule has 1 heterocycles. The van der Waals surface area contributed by atoms with Crippen LogP contribution in [0.15, 0.2) is 42.5 Å². The Morgan fingerprint density at radius 3 is 2.32 bits per heavy atom. The molecule has 2 aromatic carbocycles. The van der Waals surface area contributed by atoms with Gasteiger partial charge in [0.25, 0.3) is 17.7 Å². The number of hydrogen-bond acceptors (Lipinski definition) is 4. The monoisotopic (exact) mass is 338 g/mol. The summed E-state index contributed by atoms with van der Waals surface area (Å²) >= 11 is 0. The molecule has 0 saturated heterocycles. The number of carbonyl (C=O) groups excluding carboxylic acids is 3. The molecule has 0 saturated carbocycles. The lowest BCUT2D eigenvalue weighted by atomic mass is 10.1. The molecule has 3 rings (SSSR count). The summed E-state index contributed by atoms with van der Waals surface area (Å²) in [6.07, 6.45) is 0. The summed E-state index contributed by atoms with van der Waals surface area (Å²) in [7, 11) is 0. The molecule has 0 bridgehead atoms. The Balaban J connectivity index is 1.90. The van der Waals surface area contributed by atoms with Gasteiger partial charge >= 0.3 is 0 Å². The second-order valence-corrected chi connectivity index (χ2v) is 6.33. The highest BCUT2D eigenvalue weighted by atomic mass is 16.3. The first-order valence-electron chi connectivity index (χ1n) is 7.98. The Morgan fingerprint density at radius 1 is 1.04 bits per heavy atom. The van der Waals surface area contributed by atoms with E-state index in [1.54, 1.807) is 6.07 Å². The molecule has 6 heteroatoms. The molecule has 0 radical (unpaired) electrons. The quantitative estimate of drug-likeness (QED) is 0.839. The summed E-state index contributed by atoms with van der Waals surface area (Å²) in [5, 5.41) is 12.1. The summed E-state index contributed by atoms with van der Waals surface area (Å²) in [5.41, 5.74) is 1.18. The van der Waals surface area contributed by atoms with Gasteiger partial charge in [0.1, 0.15) is 5.75 Å². The van der Waals surface area contributed by atoms with Crippen LogP contribution in [0.5, 0.6) is 5.75 Å². The van der Waals surface area contributed by atoms with Crippen molar-refractivity contribution in [3.63, 3.8) is 0 Å². The number of phenolic OH excluding ortho intramolecular Hbond substituents is 1. The van der Waals surface area contributed by atoms with Gasteiger partial charge in [0.2, 0.25) is 0 Å². The van der Waals surface area contributed by atoms with E-state index in [1.165, 1.54) is 36.4 Å². The predicted octanol–water partition coefficient (Wildman–Crippen LogP) is 2.58. The van der Waals surface area contributed by atoms with E-state index >= 15 is 0 Å². The lowest BCUT2D eigenvalue weighted by Crippen LogP contribution is -2.29. The Bertz CT molecular complexity index is 856. The van der Waals surface area contributed by atoms with Gasteiger partial charge in [0.15, 0.2) is 0 Å². The van der Waals surface area contributed by atoms with Gasteiger partial charge in [-0.15, -0.1) is 0 Å². The van der Waals surface area contributed by atoms with Crippen molar-refractivity contribution in [2.75, 3.05) is 11.4 Å². The molecule has 25 heavy (non-hydrogen) atoms. The summed E-state index contributed by atoms with van der Waals surface area (Å²) in [6, 6.07) is 10.3. The van der Waals surface area contributed by atoms with E-state index in [0.717, 1.165) is 4.90 Å². The van der Waals surface area contributed by atoms with Crippen molar-refractivity contribution in [2.45, 2.75) is 13.8 Å². The van der Waals surface area contributed by atoms with Crippen LogP contribution < -0.4 is 10.2 Å². The number of carbonyl (C=O) groups is 3. The first kappa shape index (κ1) is 16.7. The molecular weight excluding hydrogens is 320 g/mol. The van der Waals surface area contributed by atoms with Gasteiger partial charge in [-0.3, -0.25) is 14.4 Å². The molecule has 6 nitrogen and oxygen atoms in total. The van der Waals surface area contributed by atoms with E-state index < -0.39 is 11.8 Å². The topological polar surface area (TPSA) is 86.7 Å². The third-order valence-electron chi connectivity index (χ3n) is 3.93. The van der Waals surface area contributed by atoms with Crippen LogP contribution in [0.2, 0.25) is 0 Å². The van der Waals surface area contributed by atoms with Crippen LogP contribution in [0.25, 0.3) is 0 Å². The first-order chi connectivity index (χ1) is 11.9. The van der Waals surface area contributed by atoms with Gasteiger partial charge in [0.05, 0.1) is 16.8 Å². The Labute approximate surface area is 145 Å². The number of rotatable bonds is 4. The lowest BCUT2D eigenvalue weighted by Gasteiger charge is -2.13. The standard InChI is InChI=1S/C19H18N2O4/c1-11(2)10-20-17(23)12-3-8-15-16(9-12)19(25)21(18(15)24)13-4-6-14(22)7-5-13/h3-9,11,22H,10H2,1-2H3,(H,20,23). The number of nitrogens with one attached hydrogen (secondary N) is 1. The summed E-state index contributed by atoms with van der Waals surface area (Å²) in [5.74, 6) is -0.847. The zero-order chi connectivity index (χ0) is 18.1. The zero-order valence-electron chi connectivity index (χ0n) is 13.9. The zero-order valence-corrected chi connectivity index (χ0v) is 13.9. The minimum absolute atomic E-state index is 0.0458. The second kappa shape index (κ2) is 6.39. The fourth-order valence-corrected chi connectivity index (χ4v) is 2.62. The highest BCUT2D eigenvalue weighted by molar-refractivity contribution is 6.34. The summed E-state index contributed by atoms with van der Waals surface area (Å²) < 4.78 is 0. The molecule has 1 aliphatic rings. The highest BCUT2D eigenvalue weighted by Crippen LogP contribution is 2.30. The van der Waals surface area contributed by atoms with Gasteiger partial charge in [-0.1, -0.05) is 13.8 Å². The van der Waals surface area contributed by atoms with Crippen LogP contribution in [0.3, 0.4) is 0 Å². The lowest BCUT2D eigenvalue weighted by molar-refractivity contribution is 0.0923. The Kier molecular flexibility index (Phi) is 4.27. The van der Waals surface area contributed by atoms with Gasteiger partial charge < -0.3 is 10.4 Å². The van der Waals surface area contributed by atoms with Gasteiger partial charge in [-0.2, -0.15) is 0 Å². The third kappa shape index (κ3) is 3.10. The van der Waals surface area contributed by atoms with Crippen LogP contribution >= 0.6 is 0 Å². The normalized spacial score (nSPS) is 13.3. The van der Waals surface area contributed by atoms with Crippen molar-refractivity contribution in [3.05, 3.63) is 59.2 Å². The molecule has 0 aliphatic carbocycles. The average molecular weight is 338 g/mol. The van der Waals surface area contributed by atoms with Crippen molar-refractivity contribution >= 4 is 23.4 Å². The van der Waals surface area contributed by atoms with Crippen LogP contribution in [0, 0.1) is 5.92 Å². The van der Waals surface area contributed by atoms with Gasteiger partial charge in [-0.05, 0) is 48.4 Å². The molecule has 0 atom stereocenters. The van der Waals surface area contributed by atoms with Gasteiger partial charge in [-0.25, -0.2) is 4.90 Å². The van der Waals surface area contributed by atoms with Crippen molar-refractivity contribution in [1.82, 2.24) is 5.32 Å². The SMILES string of the molecule is CC(C)CNC(=O)c1ccc2c(c1)C(=O)N(c1ccc(O)cc1)C2=O. The maximum absolute atomic E-state index is 12.6. The van der Waals surface area contributed by atoms with Crippen LogP contribution in [-0.4, -0.2) is 29.4 Å². The molecule has 0 fully saturated rings. The molecule has 2 aromatic rings. The van der Waals surface area contributed by atoms with Crippen LogP contribution in [-0.2, 0) is 0 Å². The maximum atomic E-state index is 12.6. The van der Waals surface area contributed by atoms with Crippen molar-refractivity contribution in [1.29, 1.82) is 0 Å². The number of nitrogens with zero attached hydrogens (tertiary/aromatic N) is 1. The minimum Gasteiger partial charge on any atom is -0.508 e. The molecule has 1 aliphatic heterocycles. The molecule has 2 N–H and O–H groups in total. The number of anilines is 1. The average Bonchev–Trinajstić information content (AvgIpc) is 2.84. The minimum atomic E-state index is -0.482. The fourth-order valence-electron chi connectivity index (χ4n) is 2.62. The third-order valence-corrected chi connectivity index (χ3v) is 3.93. The molecule has 128 valence electrons. The van der Waals surface area contributed by atoms with Crippen molar-refractivity contribution in [3.8, 4) is 5.75 Å². The number of aromatic hydroxyl groups is 1. The van der Waals surface area contributed by atoms with E-state index in [1.807, 2.05) is 13.8 Å². The summed E-state index contributed by atoms with van der Waals surface area (Å²) in [4.78, 5) is 38.4.